The molecule has 0 aromatic carbocycles. The van der Waals surface area contributed by atoms with E-state index in [4.69, 9.17) is 4.52 Å². The van der Waals surface area contributed by atoms with E-state index in [9.17, 15) is 9.59 Å². The van der Waals surface area contributed by atoms with Crippen molar-refractivity contribution in [2.75, 3.05) is 13.1 Å². The third kappa shape index (κ3) is 4.32. The summed E-state index contributed by atoms with van der Waals surface area (Å²) in [6, 6.07) is 5.42. The van der Waals surface area contributed by atoms with Gasteiger partial charge in [0.25, 0.3) is 11.8 Å². The van der Waals surface area contributed by atoms with Gasteiger partial charge in [-0.2, -0.15) is 0 Å². The molecule has 3 aromatic rings. The molecule has 130 valence electrons. The SMILES string of the molecule is Cn1cnc(C(=O)NCCCNC(=O)c2cc(-c3cccs3)on2)c1. The largest absolute Gasteiger partial charge is 0.355 e. The first-order valence-corrected chi connectivity index (χ1v) is 8.56. The van der Waals surface area contributed by atoms with Crippen molar-refractivity contribution in [1.29, 1.82) is 0 Å². The van der Waals surface area contributed by atoms with E-state index in [1.54, 1.807) is 30.2 Å². The van der Waals surface area contributed by atoms with E-state index in [0.29, 0.717) is 31.0 Å². The van der Waals surface area contributed by atoms with Gasteiger partial charge in [0.2, 0.25) is 0 Å². The third-order valence-corrected chi connectivity index (χ3v) is 4.25. The van der Waals surface area contributed by atoms with Crippen molar-refractivity contribution in [1.82, 2.24) is 25.3 Å². The number of aryl methyl sites for hydroxylation is 1. The number of aromatic nitrogens is 3. The quantitative estimate of drug-likeness (QED) is 0.625. The fourth-order valence-corrected chi connectivity index (χ4v) is 2.79. The van der Waals surface area contributed by atoms with Crippen molar-refractivity contribution < 1.29 is 14.1 Å². The van der Waals surface area contributed by atoms with Gasteiger partial charge in [-0.1, -0.05) is 11.2 Å². The average molecular weight is 359 g/mol. The molecular weight excluding hydrogens is 342 g/mol. The van der Waals surface area contributed by atoms with E-state index in [1.807, 2.05) is 17.5 Å². The molecule has 25 heavy (non-hydrogen) atoms. The van der Waals surface area contributed by atoms with Gasteiger partial charge in [0.1, 0.15) is 5.69 Å². The van der Waals surface area contributed by atoms with E-state index >= 15 is 0 Å². The van der Waals surface area contributed by atoms with Gasteiger partial charge in [0.15, 0.2) is 11.5 Å². The van der Waals surface area contributed by atoms with E-state index in [2.05, 4.69) is 20.8 Å². The fourth-order valence-electron chi connectivity index (χ4n) is 2.12. The molecule has 2 N–H and O–H groups in total. The van der Waals surface area contributed by atoms with Crippen LogP contribution in [0, 0.1) is 0 Å². The van der Waals surface area contributed by atoms with Gasteiger partial charge in [0, 0.05) is 32.4 Å². The summed E-state index contributed by atoms with van der Waals surface area (Å²) in [4.78, 5) is 28.7. The standard InChI is InChI=1S/C16H17N5O3S/c1-21-9-12(19-10-21)16(23)18-6-3-5-17-15(22)11-8-13(24-20-11)14-4-2-7-25-14/h2,4,7-10H,3,5-6H2,1H3,(H,17,22)(H,18,23). The number of nitrogens with zero attached hydrogens (tertiary/aromatic N) is 3. The number of amides is 2. The van der Waals surface area contributed by atoms with E-state index in [1.165, 1.54) is 11.3 Å². The first kappa shape index (κ1) is 16.9. The fraction of sp³-hybridized carbons (Fsp3) is 0.250. The minimum Gasteiger partial charge on any atom is -0.355 e. The minimum atomic E-state index is -0.303. The van der Waals surface area contributed by atoms with Crippen LogP contribution >= 0.6 is 11.3 Å². The molecule has 8 nitrogen and oxygen atoms in total. The van der Waals surface area contributed by atoms with Gasteiger partial charge < -0.3 is 19.7 Å². The van der Waals surface area contributed by atoms with Crippen molar-refractivity contribution in [2.24, 2.45) is 7.05 Å². The number of carbonyl (C=O) groups is 2. The number of rotatable bonds is 7. The Labute approximate surface area is 147 Å². The van der Waals surface area contributed by atoms with Gasteiger partial charge in [0.05, 0.1) is 11.2 Å². The minimum absolute atomic E-state index is 0.232. The molecule has 3 aromatic heterocycles. The number of carbonyl (C=O) groups excluding carboxylic acids is 2. The molecular formula is C16H17N5O3S. The zero-order valence-corrected chi connectivity index (χ0v) is 14.4. The number of thiophene rings is 1. The number of hydrogen-bond donors (Lipinski definition) is 2. The second-order valence-corrected chi connectivity index (χ2v) is 6.29. The predicted octanol–water partition coefficient (Wildman–Crippen LogP) is 1.69. The van der Waals surface area contributed by atoms with Crippen LogP contribution in [0.4, 0.5) is 0 Å². The summed E-state index contributed by atoms with van der Waals surface area (Å²) in [6.07, 6.45) is 3.81. The molecule has 0 bridgehead atoms. The number of nitrogens with one attached hydrogen (secondary N) is 2. The summed E-state index contributed by atoms with van der Waals surface area (Å²) in [5.74, 6) is 0.0365. The molecule has 3 heterocycles. The molecule has 2 amide bonds. The van der Waals surface area contributed by atoms with E-state index in [-0.39, 0.29) is 17.5 Å². The highest BCUT2D eigenvalue weighted by Gasteiger charge is 2.14. The van der Waals surface area contributed by atoms with Crippen LogP contribution in [-0.2, 0) is 7.05 Å². The second-order valence-electron chi connectivity index (χ2n) is 5.34. The zero-order valence-electron chi connectivity index (χ0n) is 13.6. The smallest absolute Gasteiger partial charge is 0.273 e. The van der Waals surface area contributed by atoms with Crippen molar-refractivity contribution >= 4 is 23.2 Å². The van der Waals surface area contributed by atoms with Crippen LogP contribution in [-0.4, -0.2) is 39.6 Å². The molecule has 0 aliphatic heterocycles. The van der Waals surface area contributed by atoms with Crippen LogP contribution in [0.1, 0.15) is 27.4 Å². The zero-order chi connectivity index (χ0) is 17.6. The van der Waals surface area contributed by atoms with Crippen LogP contribution in [0.2, 0.25) is 0 Å². The lowest BCUT2D eigenvalue weighted by atomic mass is 10.3. The average Bonchev–Trinajstić information content (AvgIpc) is 3.34. The normalized spacial score (nSPS) is 10.6. The van der Waals surface area contributed by atoms with Crippen LogP contribution < -0.4 is 10.6 Å². The Morgan fingerprint density at radius 1 is 1.24 bits per heavy atom. The molecule has 0 radical (unpaired) electrons. The van der Waals surface area contributed by atoms with Gasteiger partial charge in [-0.25, -0.2) is 4.98 Å². The third-order valence-electron chi connectivity index (χ3n) is 3.37. The molecule has 0 spiro atoms. The molecule has 3 rings (SSSR count). The second kappa shape index (κ2) is 7.75. The van der Waals surface area contributed by atoms with Gasteiger partial charge >= 0.3 is 0 Å². The predicted molar refractivity (Wildman–Crippen MR) is 92.3 cm³/mol. The maximum atomic E-state index is 12.0. The first-order valence-electron chi connectivity index (χ1n) is 7.68. The van der Waals surface area contributed by atoms with Gasteiger partial charge in [-0.15, -0.1) is 11.3 Å². The summed E-state index contributed by atoms with van der Waals surface area (Å²) < 4.78 is 6.88. The summed E-state index contributed by atoms with van der Waals surface area (Å²) in [5, 5.41) is 11.2. The van der Waals surface area contributed by atoms with Crippen LogP contribution in [0.3, 0.4) is 0 Å². The Morgan fingerprint density at radius 3 is 2.64 bits per heavy atom. The Morgan fingerprint density at radius 2 is 2.00 bits per heavy atom. The molecule has 0 saturated heterocycles. The topological polar surface area (TPSA) is 102 Å². The highest BCUT2D eigenvalue weighted by atomic mass is 32.1. The molecule has 0 saturated carbocycles. The lowest BCUT2D eigenvalue weighted by molar-refractivity contribution is 0.0944. The van der Waals surface area contributed by atoms with Crippen molar-refractivity contribution in [3.05, 3.63) is 47.5 Å². The molecule has 0 aliphatic rings. The van der Waals surface area contributed by atoms with Crippen LogP contribution in [0.15, 0.2) is 40.6 Å². The monoisotopic (exact) mass is 359 g/mol. The first-order chi connectivity index (χ1) is 12.1. The Kier molecular flexibility index (Phi) is 5.24. The molecule has 0 fully saturated rings. The van der Waals surface area contributed by atoms with Crippen molar-refractivity contribution in [2.45, 2.75) is 6.42 Å². The maximum Gasteiger partial charge on any atom is 0.273 e. The Bertz CT molecular complexity index is 853. The number of hydrogen-bond acceptors (Lipinski definition) is 6. The highest BCUT2D eigenvalue weighted by Crippen LogP contribution is 2.24. The summed E-state index contributed by atoms with van der Waals surface area (Å²) in [6.45, 7) is 0.859. The molecule has 9 heteroatoms. The van der Waals surface area contributed by atoms with Crippen LogP contribution in [0.25, 0.3) is 10.6 Å². The van der Waals surface area contributed by atoms with E-state index < -0.39 is 0 Å². The van der Waals surface area contributed by atoms with Crippen molar-refractivity contribution in [3.8, 4) is 10.6 Å². The summed E-state index contributed by atoms with van der Waals surface area (Å²) in [5.41, 5.74) is 0.608. The summed E-state index contributed by atoms with van der Waals surface area (Å²) >= 11 is 1.52. The van der Waals surface area contributed by atoms with Crippen molar-refractivity contribution in [3.63, 3.8) is 0 Å². The lowest BCUT2D eigenvalue weighted by Gasteiger charge is -2.04. The van der Waals surface area contributed by atoms with Gasteiger partial charge in [-0.05, 0) is 17.9 Å². The Hall–Kier alpha value is -2.94. The maximum absolute atomic E-state index is 12.0. The molecule has 0 unspecified atom stereocenters. The molecule has 0 aliphatic carbocycles. The van der Waals surface area contributed by atoms with E-state index in [0.717, 1.165) is 4.88 Å². The molecule has 0 atom stereocenters. The lowest BCUT2D eigenvalue weighted by Crippen LogP contribution is -2.30. The highest BCUT2D eigenvalue weighted by molar-refractivity contribution is 7.13. The number of imidazole rings is 1. The Balaban J connectivity index is 1.39. The summed E-state index contributed by atoms with van der Waals surface area (Å²) in [7, 11) is 1.80. The van der Waals surface area contributed by atoms with Gasteiger partial charge in [-0.3, -0.25) is 9.59 Å². The van der Waals surface area contributed by atoms with Crippen LogP contribution in [0.5, 0.6) is 0 Å².